The molecule has 0 unspecified atom stereocenters. The predicted octanol–water partition coefficient (Wildman–Crippen LogP) is 3.52. The van der Waals surface area contributed by atoms with E-state index in [1.54, 1.807) is 23.5 Å². The van der Waals surface area contributed by atoms with Crippen LogP contribution in [0.5, 0.6) is 0 Å². The van der Waals surface area contributed by atoms with Gasteiger partial charge in [-0.3, -0.25) is 0 Å². The molecule has 0 spiro atoms. The Morgan fingerprint density at radius 3 is 2.25 bits per heavy atom. The fourth-order valence-corrected chi connectivity index (χ4v) is 3.48. The van der Waals surface area contributed by atoms with Crippen molar-refractivity contribution >= 4 is 21.4 Å². The average molecular weight is 309 g/mol. The van der Waals surface area contributed by atoms with E-state index in [0.717, 1.165) is 11.1 Å². The van der Waals surface area contributed by atoms with Crippen molar-refractivity contribution < 1.29 is 8.42 Å². The molecule has 0 radical (unpaired) electrons. The molecule has 3 nitrogen and oxygen atoms in total. The van der Waals surface area contributed by atoms with Gasteiger partial charge in [-0.05, 0) is 45.5 Å². The zero-order valence-electron chi connectivity index (χ0n) is 11.9. The van der Waals surface area contributed by atoms with E-state index in [4.69, 9.17) is 0 Å². The number of rotatable bonds is 4. The second-order valence-corrected chi connectivity index (χ2v) is 8.28. The maximum absolute atomic E-state index is 12.2. The summed E-state index contributed by atoms with van der Waals surface area (Å²) in [5.41, 5.74) is 2.12. The molecule has 108 valence electrons. The van der Waals surface area contributed by atoms with Gasteiger partial charge in [0.25, 0.3) is 0 Å². The zero-order valence-corrected chi connectivity index (χ0v) is 13.5. The minimum atomic E-state index is -3.44. The number of hydrogen-bond donors (Lipinski definition) is 1. The summed E-state index contributed by atoms with van der Waals surface area (Å²) in [6, 6.07) is 8.99. The Balaban J connectivity index is 2.13. The highest BCUT2D eigenvalue weighted by Crippen LogP contribution is 2.23. The minimum Gasteiger partial charge on any atom is -0.207 e. The molecule has 1 N–H and O–H groups in total. The molecular formula is C15H19NO2S2. The van der Waals surface area contributed by atoms with Gasteiger partial charge in [0.2, 0.25) is 10.0 Å². The van der Waals surface area contributed by atoms with Crippen LogP contribution in [-0.4, -0.2) is 8.42 Å². The van der Waals surface area contributed by atoms with Crippen molar-refractivity contribution in [3.8, 4) is 0 Å². The van der Waals surface area contributed by atoms with Crippen LogP contribution in [0.3, 0.4) is 0 Å². The first-order chi connectivity index (χ1) is 9.29. The quantitative estimate of drug-likeness (QED) is 0.939. The summed E-state index contributed by atoms with van der Waals surface area (Å²) < 4.78 is 27.0. The number of sulfonamides is 1. The van der Waals surface area contributed by atoms with Crippen LogP contribution in [0.4, 0.5) is 0 Å². The van der Waals surface area contributed by atoms with E-state index in [2.05, 4.69) is 25.5 Å². The molecule has 0 fully saturated rings. The van der Waals surface area contributed by atoms with Gasteiger partial charge < -0.3 is 0 Å². The lowest BCUT2D eigenvalue weighted by molar-refractivity contribution is 0.578. The van der Waals surface area contributed by atoms with Gasteiger partial charge in [0.05, 0.1) is 4.90 Å². The molecule has 0 aliphatic rings. The Labute approximate surface area is 124 Å². The largest absolute Gasteiger partial charge is 0.240 e. The lowest BCUT2D eigenvalue weighted by atomic mass is 9.87. The Bertz CT molecular complexity index is 651. The zero-order chi connectivity index (χ0) is 14.8. The maximum Gasteiger partial charge on any atom is 0.240 e. The summed E-state index contributed by atoms with van der Waals surface area (Å²) in [6.07, 6.45) is 0. The van der Waals surface area contributed by atoms with Gasteiger partial charge in [-0.2, -0.15) is 11.3 Å². The van der Waals surface area contributed by atoms with E-state index in [1.807, 2.05) is 29.0 Å². The highest BCUT2D eigenvalue weighted by Gasteiger charge is 2.17. The molecule has 0 amide bonds. The third-order valence-electron chi connectivity index (χ3n) is 3.08. The number of nitrogens with one attached hydrogen (secondary N) is 1. The van der Waals surface area contributed by atoms with Crippen molar-refractivity contribution in [1.29, 1.82) is 0 Å². The monoisotopic (exact) mass is 309 g/mol. The van der Waals surface area contributed by atoms with Gasteiger partial charge in [0.1, 0.15) is 0 Å². The summed E-state index contributed by atoms with van der Waals surface area (Å²) in [4.78, 5) is 0.306. The Morgan fingerprint density at radius 1 is 1.10 bits per heavy atom. The van der Waals surface area contributed by atoms with E-state index in [-0.39, 0.29) is 5.41 Å². The van der Waals surface area contributed by atoms with Crippen LogP contribution >= 0.6 is 11.3 Å². The van der Waals surface area contributed by atoms with Crippen molar-refractivity contribution in [3.05, 3.63) is 52.2 Å². The first kappa shape index (κ1) is 15.2. The average Bonchev–Trinajstić information content (AvgIpc) is 2.89. The normalized spacial score (nSPS) is 12.6. The Morgan fingerprint density at radius 2 is 1.75 bits per heavy atom. The molecular weight excluding hydrogens is 290 g/mol. The molecule has 0 saturated heterocycles. The molecule has 5 heteroatoms. The number of benzene rings is 1. The third-order valence-corrected chi connectivity index (χ3v) is 5.23. The highest BCUT2D eigenvalue weighted by atomic mass is 32.2. The standard InChI is InChI=1S/C15H19NO2S2/c1-15(2,3)13-4-6-14(7-5-13)20(17,18)16-10-12-8-9-19-11-12/h4-9,11,16H,10H2,1-3H3. The fourth-order valence-electron chi connectivity index (χ4n) is 1.79. The third kappa shape index (κ3) is 3.69. The van der Waals surface area contributed by atoms with E-state index >= 15 is 0 Å². The summed E-state index contributed by atoms with van der Waals surface area (Å²) >= 11 is 1.56. The first-order valence-corrected chi connectivity index (χ1v) is 8.83. The molecule has 0 atom stereocenters. The van der Waals surface area contributed by atoms with Crippen LogP contribution in [0.25, 0.3) is 0 Å². The van der Waals surface area contributed by atoms with E-state index in [0.29, 0.717) is 11.4 Å². The van der Waals surface area contributed by atoms with Crippen LogP contribution in [0, 0.1) is 0 Å². The molecule has 0 aliphatic carbocycles. The van der Waals surface area contributed by atoms with Crippen molar-refractivity contribution in [3.63, 3.8) is 0 Å². The van der Waals surface area contributed by atoms with Crippen LogP contribution in [0.15, 0.2) is 46.0 Å². The van der Waals surface area contributed by atoms with Gasteiger partial charge in [-0.25, -0.2) is 13.1 Å². The lowest BCUT2D eigenvalue weighted by Gasteiger charge is -2.19. The van der Waals surface area contributed by atoms with Crippen LogP contribution < -0.4 is 4.72 Å². The van der Waals surface area contributed by atoms with E-state index in [1.165, 1.54) is 0 Å². The predicted molar refractivity (Wildman–Crippen MR) is 83.5 cm³/mol. The van der Waals surface area contributed by atoms with Crippen LogP contribution in [0.2, 0.25) is 0 Å². The highest BCUT2D eigenvalue weighted by molar-refractivity contribution is 7.89. The Hall–Kier alpha value is -1.17. The smallest absolute Gasteiger partial charge is 0.207 e. The van der Waals surface area contributed by atoms with E-state index in [9.17, 15) is 8.42 Å². The number of thiophene rings is 1. The molecule has 0 aliphatic heterocycles. The van der Waals surface area contributed by atoms with Crippen molar-refractivity contribution in [2.45, 2.75) is 37.6 Å². The van der Waals surface area contributed by atoms with Crippen LogP contribution in [-0.2, 0) is 22.0 Å². The summed E-state index contributed by atoms with van der Waals surface area (Å²) in [7, 11) is -3.44. The summed E-state index contributed by atoms with van der Waals surface area (Å²) in [5.74, 6) is 0. The minimum absolute atomic E-state index is 0.0202. The second-order valence-electron chi connectivity index (χ2n) is 5.73. The lowest BCUT2D eigenvalue weighted by Crippen LogP contribution is -2.23. The number of hydrogen-bond acceptors (Lipinski definition) is 3. The van der Waals surface area contributed by atoms with Crippen molar-refractivity contribution in [2.24, 2.45) is 0 Å². The molecule has 2 rings (SSSR count). The van der Waals surface area contributed by atoms with Gasteiger partial charge in [0, 0.05) is 6.54 Å². The van der Waals surface area contributed by atoms with Gasteiger partial charge in [-0.15, -0.1) is 0 Å². The van der Waals surface area contributed by atoms with Crippen molar-refractivity contribution in [1.82, 2.24) is 4.72 Å². The topological polar surface area (TPSA) is 46.2 Å². The second kappa shape index (κ2) is 5.68. The van der Waals surface area contributed by atoms with E-state index < -0.39 is 10.0 Å². The molecule has 20 heavy (non-hydrogen) atoms. The van der Waals surface area contributed by atoms with Gasteiger partial charge >= 0.3 is 0 Å². The molecule has 1 aromatic carbocycles. The summed E-state index contributed by atoms with van der Waals surface area (Å²) in [5, 5.41) is 3.87. The molecule has 1 aromatic heterocycles. The molecule has 1 heterocycles. The van der Waals surface area contributed by atoms with Gasteiger partial charge in [0.15, 0.2) is 0 Å². The van der Waals surface area contributed by atoms with Gasteiger partial charge in [-0.1, -0.05) is 32.9 Å². The summed E-state index contributed by atoms with van der Waals surface area (Å²) in [6.45, 7) is 6.63. The molecule has 0 saturated carbocycles. The fraction of sp³-hybridized carbons (Fsp3) is 0.333. The molecule has 0 bridgehead atoms. The first-order valence-electron chi connectivity index (χ1n) is 6.40. The Kier molecular flexibility index (Phi) is 4.32. The molecule has 2 aromatic rings. The SMILES string of the molecule is CC(C)(C)c1ccc(S(=O)(=O)NCc2ccsc2)cc1. The van der Waals surface area contributed by atoms with Crippen LogP contribution in [0.1, 0.15) is 31.9 Å². The van der Waals surface area contributed by atoms with Crippen molar-refractivity contribution in [2.75, 3.05) is 0 Å². The maximum atomic E-state index is 12.2.